The summed E-state index contributed by atoms with van der Waals surface area (Å²) in [6.07, 6.45) is 1.08. The summed E-state index contributed by atoms with van der Waals surface area (Å²) in [5.74, 6) is -3.18. The van der Waals surface area contributed by atoms with Crippen molar-refractivity contribution >= 4 is 23.7 Å². The third-order valence-corrected chi connectivity index (χ3v) is 5.33. The van der Waals surface area contributed by atoms with Crippen LogP contribution < -0.4 is 21.7 Å². The number of nitrogens with one attached hydrogen (secondary N) is 3. The molecule has 0 rings (SSSR count). The molecule has 6 N–H and O–H groups in total. The summed E-state index contributed by atoms with van der Waals surface area (Å²) in [5.41, 5.74) is 5.93. The Hall–Kier alpha value is -2.16. The molecule has 0 aliphatic rings. The molecule has 3 amide bonds. The van der Waals surface area contributed by atoms with Crippen LogP contribution in [-0.4, -0.2) is 53.0 Å². The first kappa shape index (κ1) is 28.8. The maximum absolute atomic E-state index is 13.0. The van der Waals surface area contributed by atoms with Gasteiger partial charge in [0, 0.05) is 0 Å². The highest BCUT2D eigenvalue weighted by Crippen LogP contribution is 2.12. The van der Waals surface area contributed by atoms with Crippen LogP contribution in [0, 0.1) is 23.7 Å². The lowest BCUT2D eigenvalue weighted by Crippen LogP contribution is -2.60. The van der Waals surface area contributed by atoms with E-state index in [4.69, 9.17) is 5.73 Å². The van der Waals surface area contributed by atoms with Crippen LogP contribution in [0.5, 0.6) is 0 Å². The van der Waals surface area contributed by atoms with Crippen molar-refractivity contribution in [3.05, 3.63) is 0 Å². The first-order valence-electron chi connectivity index (χ1n) is 11.1. The van der Waals surface area contributed by atoms with E-state index in [1.807, 2.05) is 20.8 Å². The molecule has 0 fully saturated rings. The summed E-state index contributed by atoms with van der Waals surface area (Å²) in [4.78, 5) is 49.7. The van der Waals surface area contributed by atoms with Crippen molar-refractivity contribution in [1.82, 2.24) is 16.0 Å². The third kappa shape index (κ3) is 9.67. The number of carbonyl (C=O) groups excluding carboxylic acids is 3. The van der Waals surface area contributed by atoms with E-state index in [2.05, 4.69) is 16.0 Å². The van der Waals surface area contributed by atoms with Gasteiger partial charge in [0.05, 0.1) is 6.04 Å². The van der Waals surface area contributed by atoms with Crippen molar-refractivity contribution in [3.8, 4) is 0 Å². The standard InChI is InChI=1S/C22H42N4O5/c1-9-14(8)18(21(29)25-17(13(6)7)22(30)31)26-20(28)16(12(4)5)24-19(27)15(23)10-11(2)3/h11-18H,9-10,23H2,1-8H3,(H,24,27)(H,25,29)(H,26,28)(H,30,31). The molecule has 5 unspecified atom stereocenters. The number of hydrogen-bond donors (Lipinski definition) is 5. The van der Waals surface area contributed by atoms with Crippen molar-refractivity contribution < 1.29 is 24.3 Å². The van der Waals surface area contributed by atoms with Crippen LogP contribution in [0.2, 0.25) is 0 Å². The molecule has 0 aromatic carbocycles. The molecule has 0 aromatic heterocycles. The highest BCUT2D eigenvalue weighted by molar-refractivity contribution is 5.94. The van der Waals surface area contributed by atoms with Gasteiger partial charge >= 0.3 is 5.97 Å². The van der Waals surface area contributed by atoms with Gasteiger partial charge in [-0.1, -0.05) is 61.8 Å². The lowest BCUT2D eigenvalue weighted by molar-refractivity contribution is -0.144. The minimum Gasteiger partial charge on any atom is -0.480 e. The van der Waals surface area contributed by atoms with Crippen LogP contribution in [0.3, 0.4) is 0 Å². The zero-order chi connectivity index (χ0) is 24.5. The van der Waals surface area contributed by atoms with Crippen LogP contribution in [0.1, 0.15) is 68.2 Å². The number of carbonyl (C=O) groups is 4. The van der Waals surface area contributed by atoms with Gasteiger partial charge in [-0.3, -0.25) is 14.4 Å². The van der Waals surface area contributed by atoms with Crippen molar-refractivity contribution in [2.24, 2.45) is 29.4 Å². The number of carboxylic acids is 1. The summed E-state index contributed by atoms with van der Waals surface area (Å²) in [6, 6.07) is -3.60. The Morgan fingerprint density at radius 2 is 1.16 bits per heavy atom. The van der Waals surface area contributed by atoms with Gasteiger partial charge in [-0.05, 0) is 30.1 Å². The molecule has 0 aliphatic carbocycles. The number of nitrogens with two attached hydrogens (primary N) is 1. The molecule has 0 bridgehead atoms. The summed E-state index contributed by atoms with van der Waals surface area (Å²) in [5, 5.41) is 17.3. The van der Waals surface area contributed by atoms with Gasteiger partial charge in [0.2, 0.25) is 17.7 Å². The number of rotatable bonds is 13. The Bertz CT molecular complexity index is 621. The van der Waals surface area contributed by atoms with Crippen LogP contribution in [0.15, 0.2) is 0 Å². The fourth-order valence-electron chi connectivity index (χ4n) is 3.11. The molecular formula is C22H42N4O5. The average molecular weight is 443 g/mol. The van der Waals surface area contributed by atoms with Gasteiger partial charge in [0.15, 0.2) is 0 Å². The van der Waals surface area contributed by atoms with Crippen molar-refractivity contribution in [2.45, 2.75) is 92.4 Å². The smallest absolute Gasteiger partial charge is 0.326 e. The molecule has 0 radical (unpaired) electrons. The molecule has 0 spiro atoms. The SMILES string of the molecule is CCC(C)C(NC(=O)C(NC(=O)C(N)CC(C)C)C(C)C)C(=O)NC(C(=O)O)C(C)C. The van der Waals surface area contributed by atoms with Gasteiger partial charge < -0.3 is 26.8 Å². The van der Waals surface area contributed by atoms with Gasteiger partial charge in [0.1, 0.15) is 18.1 Å². The van der Waals surface area contributed by atoms with E-state index >= 15 is 0 Å². The molecule has 9 heteroatoms. The number of aliphatic carboxylic acids is 1. The third-order valence-electron chi connectivity index (χ3n) is 5.33. The zero-order valence-corrected chi connectivity index (χ0v) is 20.2. The number of amides is 3. The monoisotopic (exact) mass is 442 g/mol. The van der Waals surface area contributed by atoms with E-state index in [9.17, 15) is 24.3 Å². The topological polar surface area (TPSA) is 151 Å². The minimum absolute atomic E-state index is 0.230. The summed E-state index contributed by atoms with van der Waals surface area (Å²) in [7, 11) is 0. The van der Waals surface area contributed by atoms with Crippen LogP contribution in [0.4, 0.5) is 0 Å². The summed E-state index contributed by atoms with van der Waals surface area (Å²) < 4.78 is 0. The quantitative estimate of drug-likeness (QED) is 0.290. The van der Waals surface area contributed by atoms with Gasteiger partial charge in [0.25, 0.3) is 0 Å². The molecule has 5 atom stereocenters. The zero-order valence-electron chi connectivity index (χ0n) is 20.2. The van der Waals surface area contributed by atoms with Crippen LogP contribution >= 0.6 is 0 Å². The molecule has 180 valence electrons. The Kier molecular flexibility index (Phi) is 12.4. The molecule has 0 saturated heterocycles. The fraction of sp³-hybridized carbons (Fsp3) is 0.818. The number of hydrogen-bond acceptors (Lipinski definition) is 5. The maximum Gasteiger partial charge on any atom is 0.326 e. The molecule has 9 nitrogen and oxygen atoms in total. The Balaban J connectivity index is 5.47. The molecule has 0 saturated carbocycles. The molecular weight excluding hydrogens is 400 g/mol. The normalized spacial score (nSPS) is 16.4. The van der Waals surface area contributed by atoms with Gasteiger partial charge in [-0.2, -0.15) is 0 Å². The predicted octanol–water partition coefficient (Wildman–Crippen LogP) is 1.26. The molecule has 0 aromatic rings. The Labute approximate surface area is 186 Å². The first-order chi connectivity index (χ1) is 14.2. The molecule has 0 aliphatic heterocycles. The van der Waals surface area contributed by atoms with Crippen molar-refractivity contribution in [3.63, 3.8) is 0 Å². The van der Waals surface area contributed by atoms with Crippen molar-refractivity contribution in [1.29, 1.82) is 0 Å². The van der Waals surface area contributed by atoms with E-state index in [1.54, 1.807) is 34.6 Å². The summed E-state index contributed by atoms with van der Waals surface area (Å²) in [6.45, 7) is 14.6. The lowest BCUT2D eigenvalue weighted by atomic mass is 9.95. The van der Waals surface area contributed by atoms with Crippen LogP contribution in [-0.2, 0) is 19.2 Å². The summed E-state index contributed by atoms with van der Waals surface area (Å²) >= 11 is 0. The van der Waals surface area contributed by atoms with E-state index in [0.717, 1.165) is 0 Å². The fourth-order valence-corrected chi connectivity index (χ4v) is 3.11. The van der Waals surface area contributed by atoms with E-state index < -0.39 is 47.9 Å². The van der Waals surface area contributed by atoms with E-state index in [-0.39, 0.29) is 23.7 Å². The average Bonchev–Trinajstić information content (AvgIpc) is 2.65. The number of carboxylic acid groups (broad SMARTS) is 1. The predicted molar refractivity (Wildman–Crippen MR) is 120 cm³/mol. The first-order valence-corrected chi connectivity index (χ1v) is 11.1. The van der Waals surface area contributed by atoms with E-state index in [0.29, 0.717) is 12.8 Å². The lowest BCUT2D eigenvalue weighted by Gasteiger charge is -2.30. The minimum atomic E-state index is -1.14. The highest BCUT2D eigenvalue weighted by atomic mass is 16.4. The molecule has 31 heavy (non-hydrogen) atoms. The van der Waals surface area contributed by atoms with Crippen LogP contribution in [0.25, 0.3) is 0 Å². The van der Waals surface area contributed by atoms with E-state index in [1.165, 1.54) is 0 Å². The largest absolute Gasteiger partial charge is 0.480 e. The Morgan fingerprint density at radius 1 is 0.742 bits per heavy atom. The maximum atomic E-state index is 13.0. The second kappa shape index (κ2) is 13.3. The second-order valence-electron chi connectivity index (χ2n) is 9.41. The van der Waals surface area contributed by atoms with Crippen molar-refractivity contribution in [2.75, 3.05) is 0 Å². The second-order valence-corrected chi connectivity index (χ2v) is 9.41. The molecule has 0 heterocycles. The highest BCUT2D eigenvalue weighted by Gasteiger charge is 2.34. The van der Waals surface area contributed by atoms with Gasteiger partial charge in [-0.15, -0.1) is 0 Å². The van der Waals surface area contributed by atoms with Gasteiger partial charge in [-0.25, -0.2) is 4.79 Å². The Morgan fingerprint density at radius 3 is 1.55 bits per heavy atom.